The first-order chi connectivity index (χ1) is 10.7. The summed E-state index contributed by atoms with van der Waals surface area (Å²) in [5, 5.41) is 13.6. The molecule has 1 aliphatic rings. The van der Waals surface area contributed by atoms with Gasteiger partial charge < -0.3 is 15.0 Å². The number of carbonyl (C=O) groups excluding carboxylic acids is 1. The number of amides is 1. The fourth-order valence-corrected chi connectivity index (χ4v) is 2.42. The quantitative estimate of drug-likeness (QED) is 0.679. The molecule has 1 N–H and O–H groups in total. The molecule has 0 aromatic heterocycles. The van der Waals surface area contributed by atoms with Gasteiger partial charge in [0.15, 0.2) is 0 Å². The summed E-state index contributed by atoms with van der Waals surface area (Å²) in [6.45, 7) is 0.703. The Labute approximate surface area is 129 Å². The summed E-state index contributed by atoms with van der Waals surface area (Å²) in [5.41, 5.74) is -2.19. The van der Waals surface area contributed by atoms with Gasteiger partial charge in [-0.25, -0.2) is 4.79 Å². The standard InChI is InChI=1S/C13H14F3N3O4/c1-23-12(20)18-5-4-9(7-18)17-8-2-3-11(19(21)22)10(6-8)13(14,15)16/h2-3,6,9,17H,4-5,7H2,1H3. The van der Waals surface area contributed by atoms with Crippen LogP contribution in [0.3, 0.4) is 0 Å². The van der Waals surface area contributed by atoms with Crippen LogP contribution in [0.15, 0.2) is 18.2 Å². The average Bonchev–Trinajstić information content (AvgIpc) is 2.93. The van der Waals surface area contributed by atoms with E-state index in [0.29, 0.717) is 19.0 Å². The normalized spacial score (nSPS) is 17.9. The fourth-order valence-electron chi connectivity index (χ4n) is 2.42. The van der Waals surface area contributed by atoms with Crippen LogP contribution in [0.4, 0.5) is 29.3 Å². The van der Waals surface area contributed by atoms with Crippen molar-refractivity contribution in [3.05, 3.63) is 33.9 Å². The minimum absolute atomic E-state index is 0.111. The van der Waals surface area contributed by atoms with Gasteiger partial charge in [0.2, 0.25) is 0 Å². The van der Waals surface area contributed by atoms with Gasteiger partial charge in [-0.15, -0.1) is 0 Å². The van der Waals surface area contributed by atoms with E-state index in [-0.39, 0.29) is 18.3 Å². The van der Waals surface area contributed by atoms with Gasteiger partial charge in [-0.3, -0.25) is 10.1 Å². The number of benzene rings is 1. The molecule has 1 aromatic rings. The van der Waals surface area contributed by atoms with Crippen molar-refractivity contribution in [2.75, 3.05) is 25.5 Å². The zero-order chi connectivity index (χ0) is 17.2. The maximum atomic E-state index is 12.9. The lowest BCUT2D eigenvalue weighted by molar-refractivity contribution is -0.388. The molecule has 10 heteroatoms. The second-order valence-corrected chi connectivity index (χ2v) is 5.03. The summed E-state index contributed by atoms with van der Waals surface area (Å²) >= 11 is 0. The molecule has 1 unspecified atom stereocenters. The highest BCUT2D eigenvalue weighted by atomic mass is 19.4. The minimum Gasteiger partial charge on any atom is -0.453 e. The van der Waals surface area contributed by atoms with Crippen molar-refractivity contribution >= 4 is 17.5 Å². The molecule has 0 saturated carbocycles. The fraction of sp³-hybridized carbons (Fsp3) is 0.462. The third kappa shape index (κ3) is 3.82. The Balaban J connectivity index is 2.16. The van der Waals surface area contributed by atoms with Crippen molar-refractivity contribution in [2.24, 2.45) is 0 Å². The van der Waals surface area contributed by atoms with E-state index in [1.807, 2.05) is 0 Å². The number of alkyl halides is 3. The molecule has 7 nitrogen and oxygen atoms in total. The van der Waals surface area contributed by atoms with Gasteiger partial charge in [0, 0.05) is 30.9 Å². The lowest BCUT2D eigenvalue weighted by Gasteiger charge is -2.17. The number of nitrogens with zero attached hydrogens (tertiary/aromatic N) is 2. The zero-order valence-electron chi connectivity index (χ0n) is 12.1. The number of hydrogen-bond acceptors (Lipinski definition) is 5. The van der Waals surface area contributed by atoms with E-state index in [2.05, 4.69) is 10.1 Å². The number of nitro groups is 1. The molecule has 0 radical (unpaired) electrons. The number of halogens is 3. The Morgan fingerprint density at radius 1 is 1.48 bits per heavy atom. The van der Waals surface area contributed by atoms with Gasteiger partial charge in [-0.2, -0.15) is 13.2 Å². The molecule has 0 spiro atoms. The van der Waals surface area contributed by atoms with E-state index < -0.39 is 28.4 Å². The van der Waals surface area contributed by atoms with Crippen LogP contribution in [-0.2, 0) is 10.9 Å². The molecular weight excluding hydrogens is 319 g/mol. The third-order valence-electron chi connectivity index (χ3n) is 3.49. The molecule has 1 aliphatic heterocycles. The largest absolute Gasteiger partial charge is 0.453 e. The predicted octanol–water partition coefficient (Wildman–Crippen LogP) is 2.87. The van der Waals surface area contributed by atoms with Crippen LogP contribution in [0.25, 0.3) is 0 Å². The van der Waals surface area contributed by atoms with Crippen molar-refractivity contribution in [1.29, 1.82) is 0 Å². The van der Waals surface area contributed by atoms with Gasteiger partial charge in [0.05, 0.1) is 12.0 Å². The lowest BCUT2D eigenvalue weighted by atomic mass is 10.1. The summed E-state index contributed by atoms with van der Waals surface area (Å²) in [6.07, 6.45) is -4.80. The Bertz CT molecular complexity index is 621. The number of ether oxygens (including phenoxy) is 1. The summed E-state index contributed by atoms with van der Waals surface area (Å²) in [7, 11) is 1.25. The first-order valence-corrected chi connectivity index (χ1v) is 6.67. The minimum atomic E-state index is -4.83. The van der Waals surface area contributed by atoms with E-state index in [0.717, 1.165) is 6.07 Å². The maximum absolute atomic E-state index is 12.9. The van der Waals surface area contributed by atoms with Crippen LogP contribution < -0.4 is 5.32 Å². The zero-order valence-corrected chi connectivity index (χ0v) is 12.1. The molecule has 0 bridgehead atoms. The summed E-state index contributed by atoms with van der Waals surface area (Å²) in [6, 6.07) is 2.49. The third-order valence-corrected chi connectivity index (χ3v) is 3.49. The van der Waals surface area contributed by atoms with E-state index >= 15 is 0 Å². The Morgan fingerprint density at radius 3 is 2.74 bits per heavy atom. The average molecular weight is 333 g/mol. The van der Waals surface area contributed by atoms with Crippen molar-refractivity contribution in [2.45, 2.75) is 18.6 Å². The van der Waals surface area contributed by atoms with E-state index in [1.54, 1.807) is 0 Å². The first kappa shape index (κ1) is 16.8. The number of carbonyl (C=O) groups is 1. The molecule has 1 amide bonds. The van der Waals surface area contributed by atoms with Crippen LogP contribution >= 0.6 is 0 Å². The molecule has 2 rings (SSSR count). The molecule has 23 heavy (non-hydrogen) atoms. The number of hydrogen-bond donors (Lipinski definition) is 1. The first-order valence-electron chi connectivity index (χ1n) is 6.67. The molecule has 1 atom stereocenters. The van der Waals surface area contributed by atoms with Crippen molar-refractivity contribution in [3.8, 4) is 0 Å². The topological polar surface area (TPSA) is 84.7 Å². The molecule has 0 aliphatic carbocycles. The van der Waals surface area contributed by atoms with E-state index in [1.165, 1.54) is 18.1 Å². The highest BCUT2D eigenvalue weighted by molar-refractivity contribution is 5.68. The van der Waals surface area contributed by atoms with Crippen molar-refractivity contribution in [1.82, 2.24) is 4.90 Å². The van der Waals surface area contributed by atoms with E-state index in [4.69, 9.17) is 0 Å². The number of likely N-dealkylation sites (tertiary alicyclic amines) is 1. The number of nitro benzene ring substituents is 1. The highest BCUT2D eigenvalue weighted by Crippen LogP contribution is 2.37. The van der Waals surface area contributed by atoms with Gasteiger partial charge in [0.25, 0.3) is 5.69 Å². The van der Waals surface area contributed by atoms with Crippen LogP contribution in [0.1, 0.15) is 12.0 Å². The summed E-state index contributed by atoms with van der Waals surface area (Å²) < 4.78 is 43.3. The molecule has 1 aromatic carbocycles. The monoisotopic (exact) mass is 333 g/mol. The lowest BCUT2D eigenvalue weighted by Crippen LogP contribution is -2.31. The number of rotatable bonds is 3. The Hall–Kier alpha value is -2.52. The second-order valence-electron chi connectivity index (χ2n) is 5.03. The van der Waals surface area contributed by atoms with Gasteiger partial charge in [-0.1, -0.05) is 0 Å². The highest BCUT2D eigenvalue weighted by Gasteiger charge is 2.38. The van der Waals surface area contributed by atoms with Crippen molar-refractivity contribution in [3.63, 3.8) is 0 Å². The molecule has 126 valence electrons. The van der Waals surface area contributed by atoms with E-state index in [9.17, 15) is 28.1 Å². The molecular formula is C13H14F3N3O4. The smallest absolute Gasteiger partial charge is 0.423 e. The number of methoxy groups -OCH3 is 1. The molecule has 1 fully saturated rings. The molecule has 1 heterocycles. The second kappa shape index (κ2) is 6.31. The summed E-state index contributed by atoms with van der Waals surface area (Å²) in [5.74, 6) is 0. The number of anilines is 1. The Morgan fingerprint density at radius 2 is 2.17 bits per heavy atom. The van der Waals surface area contributed by atoms with Crippen molar-refractivity contribution < 1.29 is 27.6 Å². The van der Waals surface area contributed by atoms with Crippen LogP contribution in [0.5, 0.6) is 0 Å². The summed E-state index contributed by atoms with van der Waals surface area (Å²) in [4.78, 5) is 22.4. The predicted molar refractivity (Wildman–Crippen MR) is 74.1 cm³/mol. The SMILES string of the molecule is COC(=O)N1CCC(Nc2ccc([N+](=O)[O-])c(C(F)(F)F)c2)C1. The van der Waals surface area contributed by atoms with Crippen LogP contribution in [0.2, 0.25) is 0 Å². The van der Waals surface area contributed by atoms with Gasteiger partial charge in [-0.05, 0) is 18.6 Å². The van der Waals surface area contributed by atoms with Gasteiger partial charge in [0.1, 0.15) is 5.56 Å². The maximum Gasteiger partial charge on any atom is 0.423 e. The van der Waals surface area contributed by atoms with Gasteiger partial charge >= 0.3 is 12.3 Å². The van der Waals surface area contributed by atoms with Crippen LogP contribution in [-0.4, -0.2) is 42.2 Å². The van der Waals surface area contributed by atoms with Crippen LogP contribution in [0, 0.1) is 10.1 Å². The number of nitrogens with one attached hydrogen (secondary N) is 1. The molecule has 1 saturated heterocycles. The Kier molecular flexibility index (Phi) is 4.62.